The predicted molar refractivity (Wildman–Crippen MR) is 71.6 cm³/mol. The van der Waals surface area contributed by atoms with Crippen LogP contribution in [0.15, 0.2) is 0 Å². The molecular weight excluding hydrogens is 236 g/mol. The highest BCUT2D eigenvalue weighted by Crippen LogP contribution is 2.23. The lowest BCUT2D eigenvalue weighted by atomic mass is 9.96. The molecule has 5 heteroatoms. The van der Waals surface area contributed by atoms with Gasteiger partial charge in [0, 0.05) is 25.7 Å². The molecule has 1 fully saturated rings. The van der Waals surface area contributed by atoms with Gasteiger partial charge < -0.3 is 5.32 Å². The van der Waals surface area contributed by atoms with E-state index in [0.29, 0.717) is 12.6 Å². The summed E-state index contributed by atoms with van der Waals surface area (Å²) in [6, 6.07) is 0.568. The summed E-state index contributed by atoms with van der Waals surface area (Å²) in [5, 5.41) is 3.15. The largest absolute Gasteiger partial charge is 0.313 e. The topological polar surface area (TPSA) is 49.4 Å². The summed E-state index contributed by atoms with van der Waals surface area (Å²) in [5.74, 6) is 0.207. The first kappa shape index (κ1) is 14.9. The zero-order chi connectivity index (χ0) is 12.9. The van der Waals surface area contributed by atoms with Crippen molar-refractivity contribution in [2.75, 3.05) is 19.3 Å². The summed E-state index contributed by atoms with van der Waals surface area (Å²) in [7, 11) is -1.35. The molecule has 0 amide bonds. The van der Waals surface area contributed by atoms with Gasteiger partial charge in [-0.2, -0.15) is 0 Å². The Balaban J connectivity index is 2.44. The Labute approximate surface area is 106 Å². The highest BCUT2D eigenvalue weighted by molar-refractivity contribution is 7.89. The third kappa shape index (κ3) is 4.94. The van der Waals surface area contributed by atoms with E-state index in [1.807, 2.05) is 13.8 Å². The van der Waals surface area contributed by atoms with Crippen molar-refractivity contribution in [1.29, 1.82) is 0 Å². The van der Waals surface area contributed by atoms with Crippen molar-refractivity contribution in [1.82, 2.24) is 9.62 Å². The summed E-state index contributed by atoms with van der Waals surface area (Å²) in [6.45, 7) is 4.59. The first-order valence-corrected chi connectivity index (χ1v) is 8.23. The second-order valence-electron chi connectivity index (χ2n) is 5.23. The molecule has 0 aliphatic heterocycles. The lowest BCUT2D eigenvalue weighted by molar-refractivity contribution is 0.285. The molecule has 0 heterocycles. The molecule has 102 valence electrons. The predicted octanol–water partition coefficient (Wildman–Crippen LogP) is 1.58. The Bertz CT molecular complexity index is 308. The van der Waals surface area contributed by atoms with Crippen LogP contribution < -0.4 is 5.32 Å². The third-order valence-corrected chi connectivity index (χ3v) is 5.34. The molecule has 0 aromatic rings. The van der Waals surface area contributed by atoms with E-state index in [1.54, 1.807) is 11.4 Å². The van der Waals surface area contributed by atoms with E-state index >= 15 is 0 Å². The summed E-state index contributed by atoms with van der Waals surface area (Å²) < 4.78 is 25.8. The van der Waals surface area contributed by atoms with Gasteiger partial charge in [0.25, 0.3) is 0 Å². The molecule has 1 aliphatic carbocycles. The fourth-order valence-corrected chi connectivity index (χ4v) is 3.62. The van der Waals surface area contributed by atoms with E-state index in [4.69, 9.17) is 0 Å². The summed E-state index contributed by atoms with van der Waals surface area (Å²) in [4.78, 5) is 0. The van der Waals surface area contributed by atoms with E-state index in [9.17, 15) is 8.42 Å². The van der Waals surface area contributed by atoms with Crippen LogP contribution in [0.1, 0.15) is 46.0 Å². The van der Waals surface area contributed by atoms with Crippen molar-refractivity contribution in [3.05, 3.63) is 0 Å². The average molecular weight is 262 g/mol. The monoisotopic (exact) mass is 262 g/mol. The van der Waals surface area contributed by atoms with Crippen LogP contribution in [-0.4, -0.2) is 44.2 Å². The summed E-state index contributed by atoms with van der Waals surface area (Å²) >= 11 is 0. The normalized spacial score (nSPS) is 19.1. The minimum Gasteiger partial charge on any atom is -0.313 e. The van der Waals surface area contributed by atoms with E-state index in [1.165, 1.54) is 6.42 Å². The molecule has 0 radical (unpaired) electrons. The van der Waals surface area contributed by atoms with Crippen LogP contribution in [0, 0.1) is 0 Å². The minimum absolute atomic E-state index is 0.207. The van der Waals surface area contributed by atoms with Gasteiger partial charge in [0.2, 0.25) is 10.0 Å². The number of hydrogen-bond acceptors (Lipinski definition) is 3. The van der Waals surface area contributed by atoms with Gasteiger partial charge in [-0.25, -0.2) is 12.7 Å². The van der Waals surface area contributed by atoms with Crippen LogP contribution in [0.4, 0.5) is 0 Å². The van der Waals surface area contributed by atoms with Gasteiger partial charge in [-0.1, -0.05) is 33.1 Å². The van der Waals surface area contributed by atoms with Gasteiger partial charge in [0.05, 0.1) is 5.75 Å². The van der Waals surface area contributed by atoms with E-state index in [0.717, 1.165) is 25.7 Å². The van der Waals surface area contributed by atoms with E-state index in [-0.39, 0.29) is 11.8 Å². The van der Waals surface area contributed by atoms with Crippen LogP contribution in [0.2, 0.25) is 0 Å². The molecule has 0 atom stereocenters. The average Bonchev–Trinajstić information content (AvgIpc) is 2.28. The maximum atomic E-state index is 12.1. The molecule has 1 saturated carbocycles. The molecule has 1 aliphatic rings. The Kier molecular flexibility index (Phi) is 5.89. The molecular formula is C12H26N2O2S. The van der Waals surface area contributed by atoms with Crippen LogP contribution in [-0.2, 0) is 10.0 Å². The summed E-state index contributed by atoms with van der Waals surface area (Å²) in [6.07, 6.45) is 5.61. The zero-order valence-corrected chi connectivity index (χ0v) is 12.1. The lowest BCUT2D eigenvalue weighted by Gasteiger charge is -2.30. The van der Waals surface area contributed by atoms with Crippen molar-refractivity contribution < 1.29 is 8.42 Å². The van der Waals surface area contributed by atoms with Gasteiger partial charge in [-0.3, -0.25) is 0 Å². The van der Waals surface area contributed by atoms with Crippen molar-refractivity contribution in [3.8, 4) is 0 Å². The number of rotatable bonds is 6. The van der Waals surface area contributed by atoms with Gasteiger partial charge >= 0.3 is 0 Å². The second-order valence-corrected chi connectivity index (χ2v) is 7.38. The first-order chi connectivity index (χ1) is 7.93. The smallest absolute Gasteiger partial charge is 0.215 e. The number of nitrogens with zero attached hydrogens (tertiary/aromatic N) is 1. The van der Waals surface area contributed by atoms with E-state index < -0.39 is 10.0 Å². The molecule has 1 N–H and O–H groups in total. The Morgan fingerprint density at radius 2 is 1.82 bits per heavy atom. The van der Waals surface area contributed by atoms with Crippen molar-refractivity contribution in [2.45, 2.75) is 58.0 Å². The Morgan fingerprint density at radius 3 is 2.35 bits per heavy atom. The standard InChI is InChI=1S/C12H26N2O2S/c1-11(2)13-9-10-17(15,16)14(3)12-7-5-4-6-8-12/h11-13H,4-10H2,1-3H3. The Hall–Kier alpha value is -0.130. The molecule has 0 aromatic heterocycles. The minimum atomic E-state index is -3.08. The lowest BCUT2D eigenvalue weighted by Crippen LogP contribution is -2.42. The van der Waals surface area contributed by atoms with Gasteiger partial charge in [-0.05, 0) is 12.8 Å². The van der Waals surface area contributed by atoms with Crippen molar-refractivity contribution in [2.24, 2.45) is 0 Å². The Morgan fingerprint density at radius 1 is 1.24 bits per heavy atom. The quantitative estimate of drug-likeness (QED) is 0.790. The molecule has 0 unspecified atom stereocenters. The molecule has 0 saturated heterocycles. The highest BCUT2D eigenvalue weighted by Gasteiger charge is 2.26. The fraction of sp³-hybridized carbons (Fsp3) is 1.00. The van der Waals surface area contributed by atoms with Gasteiger partial charge in [-0.15, -0.1) is 0 Å². The molecule has 0 aromatic carbocycles. The number of sulfonamides is 1. The van der Waals surface area contributed by atoms with Gasteiger partial charge in [0.15, 0.2) is 0 Å². The van der Waals surface area contributed by atoms with Crippen LogP contribution >= 0.6 is 0 Å². The fourth-order valence-electron chi connectivity index (χ4n) is 2.29. The zero-order valence-electron chi connectivity index (χ0n) is 11.3. The third-order valence-electron chi connectivity index (χ3n) is 3.44. The van der Waals surface area contributed by atoms with Crippen molar-refractivity contribution >= 4 is 10.0 Å². The molecule has 0 spiro atoms. The van der Waals surface area contributed by atoms with Gasteiger partial charge in [0.1, 0.15) is 0 Å². The molecule has 0 bridgehead atoms. The number of hydrogen-bond donors (Lipinski definition) is 1. The SMILES string of the molecule is CC(C)NCCS(=O)(=O)N(C)C1CCCCC1. The molecule has 17 heavy (non-hydrogen) atoms. The summed E-state index contributed by atoms with van der Waals surface area (Å²) in [5.41, 5.74) is 0. The molecule has 4 nitrogen and oxygen atoms in total. The van der Waals surface area contributed by atoms with Crippen LogP contribution in [0.3, 0.4) is 0 Å². The molecule has 1 rings (SSSR count). The van der Waals surface area contributed by atoms with Crippen molar-refractivity contribution in [3.63, 3.8) is 0 Å². The second kappa shape index (κ2) is 6.71. The maximum absolute atomic E-state index is 12.1. The first-order valence-electron chi connectivity index (χ1n) is 6.62. The number of nitrogens with one attached hydrogen (secondary N) is 1. The van der Waals surface area contributed by atoms with Crippen LogP contribution in [0.25, 0.3) is 0 Å². The maximum Gasteiger partial charge on any atom is 0.215 e. The van der Waals surface area contributed by atoms with Crippen LogP contribution in [0.5, 0.6) is 0 Å². The highest BCUT2D eigenvalue weighted by atomic mass is 32.2. The van der Waals surface area contributed by atoms with E-state index in [2.05, 4.69) is 5.32 Å².